The van der Waals surface area contributed by atoms with Gasteiger partial charge in [-0.3, -0.25) is 14.5 Å². The number of anilines is 1. The van der Waals surface area contributed by atoms with Crippen molar-refractivity contribution in [2.45, 2.75) is 19.3 Å². The number of alkyl halides is 3. The summed E-state index contributed by atoms with van der Waals surface area (Å²) < 4.78 is 47.3. The van der Waals surface area contributed by atoms with Crippen molar-refractivity contribution in [3.63, 3.8) is 0 Å². The Kier molecular flexibility index (Phi) is 7.07. The number of carbonyl (C=O) groups is 2. The smallest absolute Gasteiger partial charge is 0.503 e. The number of benzene rings is 3. The Morgan fingerprint density at radius 3 is 2.35 bits per heavy atom. The van der Waals surface area contributed by atoms with Gasteiger partial charge in [-0.25, -0.2) is 4.98 Å². The molecule has 1 amide bonds. The van der Waals surface area contributed by atoms with E-state index in [4.69, 9.17) is 4.74 Å². The van der Waals surface area contributed by atoms with Crippen LogP contribution in [0.5, 0.6) is 11.5 Å². The van der Waals surface area contributed by atoms with Crippen LogP contribution < -0.4 is 14.4 Å². The van der Waals surface area contributed by atoms with Gasteiger partial charge in [0.2, 0.25) is 5.78 Å². The predicted molar refractivity (Wildman–Crippen MR) is 143 cm³/mol. The van der Waals surface area contributed by atoms with Gasteiger partial charge in [0, 0.05) is 11.3 Å². The van der Waals surface area contributed by atoms with E-state index in [1.165, 1.54) is 19.2 Å². The van der Waals surface area contributed by atoms with E-state index in [0.717, 1.165) is 33.9 Å². The van der Waals surface area contributed by atoms with Crippen molar-refractivity contribution in [3.8, 4) is 22.1 Å². The zero-order valence-corrected chi connectivity index (χ0v) is 21.9. The summed E-state index contributed by atoms with van der Waals surface area (Å²) in [6.07, 6.45) is -4.89. The quantitative estimate of drug-likeness (QED) is 0.247. The van der Waals surface area contributed by atoms with Crippen LogP contribution in [0.2, 0.25) is 0 Å². The highest BCUT2D eigenvalue weighted by molar-refractivity contribution is 7.17. The molecule has 1 N–H and O–H groups in total. The lowest BCUT2D eigenvalue weighted by Crippen LogP contribution is -2.31. The molecule has 4 aromatic rings. The number of aryl methyl sites for hydroxylation is 1. The number of methoxy groups -OCH3 is 1. The second kappa shape index (κ2) is 10.5. The summed E-state index contributed by atoms with van der Waals surface area (Å²) in [5, 5.41) is 11.6. The maximum Gasteiger partial charge on any atom is 0.573 e. The molecule has 1 atom stereocenters. The Morgan fingerprint density at radius 1 is 1.00 bits per heavy atom. The lowest BCUT2D eigenvalue weighted by atomic mass is 9.94. The van der Waals surface area contributed by atoms with Crippen LogP contribution >= 0.6 is 11.3 Å². The molecule has 11 heteroatoms. The number of thiazole rings is 1. The van der Waals surface area contributed by atoms with Crippen LogP contribution in [0.25, 0.3) is 10.6 Å². The average molecular weight is 567 g/mol. The standard InChI is InChI=1S/C29H21F3N2O5S/c1-16-26(40-27(33-16)17-7-4-3-5-8-17)24(35)22-23(18-9-6-10-21(15-18)38-2)34(28(37)25(22)36)19-11-13-20(14-12-19)39-29(30,31)32/h3-15,23,36H,1-2H3. The fourth-order valence-electron chi connectivity index (χ4n) is 4.47. The van der Waals surface area contributed by atoms with E-state index >= 15 is 0 Å². The summed E-state index contributed by atoms with van der Waals surface area (Å²) in [6, 6.07) is 19.4. The average Bonchev–Trinajstić information content (AvgIpc) is 3.45. The molecule has 7 nitrogen and oxygen atoms in total. The Bertz CT molecular complexity index is 1610. The highest BCUT2D eigenvalue weighted by Gasteiger charge is 2.45. The molecule has 2 heterocycles. The normalized spacial score (nSPS) is 15.5. The van der Waals surface area contributed by atoms with Gasteiger partial charge in [-0.05, 0) is 48.9 Å². The molecule has 40 heavy (non-hydrogen) atoms. The predicted octanol–water partition coefficient (Wildman–Crippen LogP) is 6.81. The highest BCUT2D eigenvalue weighted by Crippen LogP contribution is 2.44. The van der Waals surface area contributed by atoms with Gasteiger partial charge in [-0.1, -0.05) is 42.5 Å². The number of halogens is 3. The summed E-state index contributed by atoms with van der Waals surface area (Å²) in [5.74, 6) is -2.27. The number of aliphatic hydroxyl groups excluding tert-OH is 1. The first-order valence-electron chi connectivity index (χ1n) is 11.9. The molecule has 0 fully saturated rings. The number of nitrogens with zero attached hydrogens (tertiary/aromatic N) is 2. The molecular formula is C29H21F3N2O5S. The number of Topliss-reactive ketones (excluding diaryl/α,β-unsaturated/α-hetero) is 1. The van der Waals surface area contributed by atoms with E-state index in [9.17, 15) is 27.9 Å². The second-order valence-corrected chi connectivity index (χ2v) is 9.79. The number of aliphatic hydroxyl groups is 1. The van der Waals surface area contributed by atoms with Crippen LogP contribution in [0.1, 0.15) is 27.0 Å². The number of carbonyl (C=O) groups excluding carboxylic acids is 2. The summed E-state index contributed by atoms with van der Waals surface area (Å²) in [6.45, 7) is 1.67. The lowest BCUT2D eigenvalue weighted by molar-refractivity contribution is -0.274. The van der Waals surface area contributed by atoms with Crippen molar-refractivity contribution >= 4 is 28.7 Å². The van der Waals surface area contributed by atoms with Crippen LogP contribution in [-0.4, -0.2) is 35.3 Å². The molecule has 0 bridgehead atoms. The maximum atomic E-state index is 14.0. The van der Waals surface area contributed by atoms with E-state index in [0.29, 0.717) is 22.0 Å². The Morgan fingerprint density at radius 2 is 1.70 bits per heavy atom. The Labute approximate surface area is 230 Å². The minimum Gasteiger partial charge on any atom is -0.503 e. The van der Waals surface area contributed by atoms with Crippen LogP contribution in [0, 0.1) is 6.92 Å². The molecule has 5 rings (SSSR count). The van der Waals surface area contributed by atoms with Crippen LogP contribution in [0.3, 0.4) is 0 Å². The van der Waals surface area contributed by atoms with Crippen molar-refractivity contribution in [3.05, 3.63) is 106 Å². The monoisotopic (exact) mass is 566 g/mol. The SMILES string of the molecule is COc1cccc(C2C(C(=O)c3sc(-c4ccccc4)nc3C)=C(O)C(=O)N2c2ccc(OC(F)(F)F)cc2)c1. The second-order valence-electron chi connectivity index (χ2n) is 8.79. The van der Waals surface area contributed by atoms with Gasteiger partial charge in [-0.2, -0.15) is 0 Å². The largest absolute Gasteiger partial charge is 0.573 e. The summed E-state index contributed by atoms with van der Waals surface area (Å²) in [5.41, 5.74) is 1.65. The van der Waals surface area contributed by atoms with E-state index in [1.807, 2.05) is 30.3 Å². The van der Waals surface area contributed by atoms with E-state index in [2.05, 4.69) is 9.72 Å². The molecule has 0 saturated heterocycles. The first-order chi connectivity index (χ1) is 19.1. The molecule has 0 spiro atoms. The number of ketones is 1. The van der Waals surface area contributed by atoms with Crippen LogP contribution in [0.4, 0.5) is 18.9 Å². The van der Waals surface area contributed by atoms with E-state index < -0.39 is 35.6 Å². The lowest BCUT2D eigenvalue weighted by Gasteiger charge is -2.27. The van der Waals surface area contributed by atoms with Crippen molar-refractivity contribution in [2.75, 3.05) is 12.0 Å². The Hall–Kier alpha value is -4.64. The van der Waals surface area contributed by atoms with Gasteiger partial charge in [0.1, 0.15) is 16.5 Å². The minimum atomic E-state index is -4.89. The summed E-state index contributed by atoms with van der Waals surface area (Å²) >= 11 is 1.14. The molecule has 0 radical (unpaired) electrons. The zero-order chi connectivity index (χ0) is 28.6. The zero-order valence-electron chi connectivity index (χ0n) is 21.1. The van der Waals surface area contributed by atoms with Crippen molar-refractivity contribution in [2.24, 2.45) is 0 Å². The van der Waals surface area contributed by atoms with Crippen molar-refractivity contribution in [1.82, 2.24) is 4.98 Å². The third kappa shape index (κ3) is 5.15. The maximum absolute atomic E-state index is 14.0. The van der Waals surface area contributed by atoms with Gasteiger partial charge in [-0.15, -0.1) is 24.5 Å². The topological polar surface area (TPSA) is 89.0 Å². The van der Waals surface area contributed by atoms with Crippen molar-refractivity contribution in [1.29, 1.82) is 0 Å². The van der Waals surface area contributed by atoms with Gasteiger partial charge in [0.05, 0.1) is 29.3 Å². The first kappa shape index (κ1) is 26.9. The molecule has 1 unspecified atom stereocenters. The molecule has 0 saturated carbocycles. The first-order valence-corrected chi connectivity index (χ1v) is 12.7. The molecular weight excluding hydrogens is 545 g/mol. The molecule has 204 valence electrons. The molecule has 0 aliphatic carbocycles. The Balaban J connectivity index is 1.59. The van der Waals surface area contributed by atoms with Crippen molar-refractivity contribution < 1.29 is 37.3 Å². The minimum absolute atomic E-state index is 0.146. The fourth-order valence-corrected chi connectivity index (χ4v) is 5.50. The number of rotatable bonds is 7. The molecule has 3 aromatic carbocycles. The summed E-state index contributed by atoms with van der Waals surface area (Å²) in [4.78, 5) is 33.3. The summed E-state index contributed by atoms with van der Waals surface area (Å²) in [7, 11) is 1.46. The number of aromatic nitrogens is 1. The van der Waals surface area contributed by atoms with E-state index in [1.54, 1.807) is 31.2 Å². The van der Waals surface area contributed by atoms with Gasteiger partial charge >= 0.3 is 6.36 Å². The van der Waals surface area contributed by atoms with Crippen LogP contribution in [-0.2, 0) is 4.79 Å². The third-order valence-electron chi connectivity index (χ3n) is 6.23. The van der Waals surface area contributed by atoms with E-state index in [-0.39, 0.29) is 16.1 Å². The van der Waals surface area contributed by atoms with Gasteiger partial charge in [0.15, 0.2) is 5.76 Å². The van der Waals surface area contributed by atoms with Crippen LogP contribution in [0.15, 0.2) is 90.2 Å². The van der Waals surface area contributed by atoms with Gasteiger partial charge < -0.3 is 14.6 Å². The number of amides is 1. The number of hydrogen-bond donors (Lipinski definition) is 1. The number of hydrogen-bond acceptors (Lipinski definition) is 7. The highest BCUT2D eigenvalue weighted by atomic mass is 32.1. The fraction of sp³-hybridized carbons (Fsp3) is 0.138. The number of ether oxygens (including phenoxy) is 2. The third-order valence-corrected chi connectivity index (χ3v) is 7.44. The molecule has 1 aliphatic rings. The van der Waals surface area contributed by atoms with Gasteiger partial charge in [0.25, 0.3) is 5.91 Å². The molecule has 1 aromatic heterocycles. The molecule has 1 aliphatic heterocycles.